The van der Waals surface area contributed by atoms with E-state index in [0.717, 1.165) is 45.1 Å². The van der Waals surface area contributed by atoms with Crippen LogP contribution in [0.25, 0.3) is 0 Å². The van der Waals surface area contributed by atoms with Gasteiger partial charge in [-0.25, -0.2) is 22.6 Å². The number of hydrogen-bond acceptors (Lipinski definition) is 6. The fraction of sp³-hybridized carbons (Fsp3) is 0.478. The summed E-state index contributed by atoms with van der Waals surface area (Å²) in [6.07, 6.45) is 5.83. The standard InChI is InChI=1S/C23H29FN4O4S/c1-16-6-7-18(24)11-21(16)33(31,32)26-19-12-20(23(29)30)22(25-13-19)28-10-4-5-17(15-28)14-27-8-2-3-9-27/h6-7,11-13,17,26H,2-5,8-10,14-15H2,1H3,(H,29,30)/t17-/m0/s1. The number of benzene rings is 1. The van der Waals surface area contributed by atoms with E-state index in [9.17, 15) is 22.7 Å². The highest BCUT2D eigenvalue weighted by Gasteiger charge is 2.27. The lowest BCUT2D eigenvalue weighted by molar-refractivity contribution is 0.0697. The Morgan fingerprint density at radius 2 is 1.97 bits per heavy atom. The van der Waals surface area contributed by atoms with E-state index < -0.39 is 21.8 Å². The van der Waals surface area contributed by atoms with Crippen LogP contribution in [0.15, 0.2) is 35.4 Å². The first kappa shape index (κ1) is 23.4. The molecule has 2 N–H and O–H groups in total. The van der Waals surface area contributed by atoms with Gasteiger partial charge in [-0.1, -0.05) is 6.07 Å². The third kappa shape index (κ3) is 5.44. The van der Waals surface area contributed by atoms with Gasteiger partial charge in [0.2, 0.25) is 0 Å². The molecule has 33 heavy (non-hydrogen) atoms. The second-order valence-corrected chi connectivity index (χ2v) is 10.5. The Hall–Kier alpha value is -2.72. The molecule has 178 valence electrons. The second kappa shape index (κ2) is 9.64. The van der Waals surface area contributed by atoms with Gasteiger partial charge in [0.15, 0.2) is 0 Å². The Labute approximate surface area is 193 Å². The van der Waals surface area contributed by atoms with Crippen LogP contribution in [0, 0.1) is 18.7 Å². The zero-order valence-electron chi connectivity index (χ0n) is 18.6. The summed E-state index contributed by atoms with van der Waals surface area (Å²) in [7, 11) is -4.11. The fourth-order valence-corrected chi connectivity index (χ4v) is 6.02. The number of carbonyl (C=O) groups is 1. The number of rotatable bonds is 7. The van der Waals surface area contributed by atoms with Crippen molar-refractivity contribution in [3.63, 3.8) is 0 Å². The van der Waals surface area contributed by atoms with E-state index in [2.05, 4.69) is 14.6 Å². The van der Waals surface area contributed by atoms with Gasteiger partial charge in [0.1, 0.15) is 17.2 Å². The Morgan fingerprint density at radius 1 is 1.21 bits per heavy atom. The van der Waals surface area contributed by atoms with Gasteiger partial charge in [-0.05, 0) is 75.4 Å². The highest BCUT2D eigenvalue weighted by atomic mass is 32.2. The van der Waals surface area contributed by atoms with E-state index in [-0.39, 0.29) is 16.1 Å². The van der Waals surface area contributed by atoms with E-state index in [1.807, 2.05) is 4.90 Å². The van der Waals surface area contributed by atoms with Gasteiger partial charge in [0.05, 0.1) is 16.8 Å². The first-order valence-electron chi connectivity index (χ1n) is 11.2. The normalized spacial score (nSPS) is 19.6. The van der Waals surface area contributed by atoms with E-state index in [4.69, 9.17) is 0 Å². The summed E-state index contributed by atoms with van der Waals surface area (Å²) in [5.74, 6) is -1.07. The zero-order valence-corrected chi connectivity index (χ0v) is 19.4. The lowest BCUT2D eigenvalue weighted by atomic mass is 9.97. The molecule has 0 spiro atoms. The van der Waals surface area contributed by atoms with Crippen LogP contribution in [0.4, 0.5) is 15.9 Å². The van der Waals surface area contributed by atoms with Crippen LogP contribution in [0.1, 0.15) is 41.6 Å². The molecule has 2 aliphatic rings. The quantitative estimate of drug-likeness (QED) is 0.632. The molecule has 0 bridgehead atoms. The third-order valence-corrected chi connectivity index (χ3v) is 7.85. The smallest absolute Gasteiger partial charge is 0.339 e. The Kier molecular flexibility index (Phi) is 6.85. The lowest BCUT2D eigenvalue weighted by Crippen LogP contribution is -2.41. The van der Waals surface area contributed by atoms with Crippen molar-refractivity contribution in [3.8, 4) is 0 Å². The molecule has 1 atom stereocenters. The number of nitrogens with one attached hydrogen (secondary N) is 1. The van der Waals surface area contributed by atoms with Crippen molar-refractivity contribution < 1.29 is 22.7 Å². The molecule has 8 nitrogen and oxygen atoms in total. The number of aromatic carboxylic acids is 1. The molecular weight excluding hydrogens is 447 g/mol. The fourth-order valence-electron chi connectivity index (χ4n) is 4.73. The molecule has 0 radical (unpaired) electrons. The number of piperidine rings is 1. The van der Waals surface area contributed by atoms with Gasteiger partial charge in [-0.3, -0.25) is 4.72 Å². The van der Waals surface area contributed by atoms with Crippen LogP contribution in [-0.2, 0) is 10.0 Å². The molecule has 0 aliphatic carbocycles. The first-order chi connectivity index (χ1) is 15.7. The van der Waals surface area contributed by atoms with Crippen LogP contribution in [0.5, 0.6) is 0 Å². The zero-order chi connectivity index (χ0) is 23.6. The van der Waals surface area contributed by atoms with Gasteiger partial charge in [-0.15, -0.1) is 0 Å². The highest BCUT2D eigenvalue weighted by Crippen LogP contribution is 2.29. The molecule has 0 saturated carbocycles. The Morgan fingerprint density at radius 3 is 2.70 bits per heavy atom. The third-order valence-electron chi connectivity index (χ3n) is 6.32. The Bertz CT molecular complexity index is 1140. The number of aromatic nitrogens is 1. The van der Waals surface area contributed by atoms with Crippen LogP contribution in [0.3, 0.4) is 0 Å². The molecular formula is C23H29FN4O4S. The van der Waals surface area contributed by atoms with Crippen molar-refractivity contribution >= 4 is 27.5 Å². The average Bonchev–Trinajstić information content (AvgIpc) is 3.28. The van der Waals surface area contributed by atoms with Crippen molar-refractivity contribution in [2.45, 2.75) is 37.5 Å². The van der Waals surface area contributed by atoms with E-state index in [0.29, 0.717) is 23.8 Å². The molecule has 2 aromatic rings. The summed E-state index contributed by atoms with van der Waals surface area (Å²) >= 11 is 0. The minimum absolute atomic E-state index is 0.0189. The molecule has 0 amide bonds. The Balaban J connectivity index is 1.55. The number of aryl methyl sites for hydroxylation is 1. The minimum atomic E-state index is -4.11. The SMILES string of the molecule is Cc1ccc(F)cc1S(=O)(=O)Nc1cnc(N2CCC[C@@H](CN3CCCC3)C2)c(C(=O)O)c1. The van der Waals surface area contributed by atoms with Crippen molar-refractivity contribution in [1.29, 1.82) is 0 Å². The summed E-state index contributed by atoms with van der Waals surface area (Å²) in [6, 6.07) is 4.78. The molecule has 2 aliphatic heterocycles. The number of anilines is 2. The summed E-state index contributed by atoms with van der Waals surface area (Å²) in [5.41, 5.74) is 0.336. The van der Waals surface area contributed by atoms with E-state index >= 15 is 0 Å². The average molecular weight is 477 g/mol. The summed E-state index contributed by atoms with van der Waals surface area (Å²) in [4.78, 5) is 20.6. The lowest BCUT2D eigenvalue weighted by Gasteiger charge is -2.36. The second-order valence-electron chi connectivity index (χ2n) is 8.88. The van der Waals surface area contributed by atoms with Crippen molar-refractivity contribution in [3.05, 3.63) is 47.4 Å². The molecule has 10 heteroatoms. The van der Waals surface area contributed by atoms with Crippen LogP contribution in [0.2, 0.25) is 0 Å². The number of pyridine rings is 1. The van der Waals surface area contributed by atoms with E-state index in [1.165, 1.54) is 37.2 Å². The van der Waals surface area contributed by atoms with Gasteiger partial charge in [0.25, 0.3) is 10.0 Å². The molecule has 3 heterocycles. The number of carboxylic acid groups (broad SMARTS) is 1. The first-order valence-corrected chi connectivity index (χ1v) is 12.7. The maximum atomic E-state index is 13.6. The maximum absolute atomic E-state index is 13.6. The van der Waals surface area contributed by atoms with Crippen LogP contribution >= 0.6 is 0 Å². The summed E-state index contributed by atoms with van der Waals surface area (Å²) in [5, 5.41) is 9.81. The largest absolute Gasteiger partial charge is 0.478 e. The molecule has 1 aromatic carbocycles. The summed E-state index contributed by atoms with van der Waals surface area (Å²) in [6.45, 7) is 6.23. The number of carboxylic acids is 1. The van der Waals surface area contributed by atoms with Crippen LogP contribution < -0.4 is 9.62 Å². The maximum Gasteiger partial charge on any atom is 0.339 e. The minimum Gasteiger partial charge on any atom is -0.478 e. The van der Waals surface area contributed by atoms with Crippen molar-refractivity contribution in [1.82, 2.24) is 9.88 Å². The molecule has 2 fully saturated rings. The monoisotopic (exact) mass is 476 g/mol. The highest BCUT2D eigenvalue weighted by molar-refractivity contribution is 7.92. The predicted octanol–water partition coefficient (Wildman–Crippen LogP) is 3.34. The number of halogens is 1. The number of nitrogens with zero attached hydrogens (tertiary/aromatic N) is 3. The predicted molar refractivity (Wildman–Crippen MR) is 124 cm³/mol. The van der Waals surface area contributed by atoms with Gasteiger partial charge >= 0.3 is 5.97 Å². The van der Waals surface area contributed by atoms with Crippen molar-refractivity contribution in [2.24, 2.45) is 5.92 Å². The van der Waals surface area contributed by atoms with Gasteiger partial charge in [0, 0.05) is 19.6 Å². The number of likely N-dealkylation sites (tertiary alicyclic amines) is 1. The topological polar surface area (TPSA) is 103 Å². The summed E-state index contributed by atoms with van der Waals surface area (Å²) < 4.78 is 41.5. The van der Waals surface area contributed by atoms with E-state index in [1.54, 1.807) is 6.92 Å². The molecule has 2 saturated heterocycles. The van der Waals surface area contributed by atoms with Crippen molar-refractivity contribution in [2.75, 3.05) is 42.3 Å². The van der Waals surface area contributed by atoms with Crippen LogP contribution in [-0.4, -0.2) is 62.1 Å². The number of sulfonamides is 1. The molecule has 4 rings (SSSR count). The molecule has 1 aromatic heterocycles. The van der Waals surface area contributed by atoms with Gasteiger partial charge in [-0.2, -0.15) is 0 Å². The number of hydrogen-bond donors (Lipinski definition) is 2. The molecule has 0 unspecified atom stereocenters. The van der Waals surface area contributed by atoms with Gasteiger partial charge < -0.3 is 14.9 Å².